The number of halogens is 2. The molecule has 0 unspecified atom stereocenters. The van der Waals surface area contributed by atoms with Crippen LogP contribution in [0.4, 0.5) is 10.1 Å². The van der Waals surface area contributed by atoms with Crippen LogP contribution in [-0.2, 0) is 16.2 Å². The highest BCUT2D eigenvalue weighted by molar-refractivity contribution is 6.32. The SMILES string of the molecule is O=C1NN(c2ccccc2)C(=O)/C1=C/c1cccc(OCc2c(F)cccc2Cl)c1. The van der Waals surface area contributed by atoms with Crippen LogP contribution >= 0.6 is 11.6 Å². The molecule has 0 aliphatic carbocycles. The van der Waals surface area contributed by atoms with Crippen LogP contribution in [0.5, 0.6) is 5.75 Å². The fourth-order valence-electron chi connectivity index (χ4n) is 3.00. The second-order valence-electron chi connectivity index (χ2n) is 6.54. The number of hydrazine groups is 1. The molecule has 3 aromatic rings. The molecule has 0 spiro atoms. The fraction of sp³-hybridized carbons (Fsp3) is 0.0435. The van der Waals surface area contributed by atoms with E-state index in [1.165, 1.54) is 23.2 Å². The molecule has 1 fully saturated rings. The first-order valence-electron chi connectivity index (χ1n) is 9.11. The molecule has 5 nitrogen and oxygen atoms in total. The molecule has 0 atom stereocenters. The summed E-state index contributed by atoms with van der Waals surface area (Å²) in [6.45, 7) is -0.0489. The van der Waals surface area contributed by atoms with E-state index >= 15 is 0 Å². The van der Waals surface area contributed by atoms with E-state index in [9.17, 15) is 14.0 Å². The van der Waals surface area contributed by atoms with Crippen molar-refractivity contribution in [3.63, 3.8) is 0 Å². The Kier molecular flexibility index (Phi) is 5.50. The minimum absolute atomic E-state index is 0.00755. The van der Waals surface area contributed by atoms with Gasteiger partial charge in [0.05, 0.1) is 10.7 Å². The van der Waals surface area contributed by atoms with E-state index in [4.69, 9.17) is 16.3 Å². The van der Waals surface area contributed by atoms with E-state index in [1.54, 1.807) is 54.6 Å². The molecule has 0 bridgehead atoms. The Bertz CT molecular complexity index is 1130. The molecule has 1 heterocycles. The van der Waals surface area contributed by atoms with Crippen LogP contribution in [0.15, 0.2) is 78.4 Å². The first-order valence-corrected chi connectivity index (χ1v) is 9.48. The summed E-state index contributed by atoms with van der Waals surface area (Å²) in [6, 6.07) is 20.1. The smallest absolute Gasteiger partial charge is 0.282 e. The third-order valence-electron chi connectivity index (χ3n) is 4.52. The van der Waals surface area contributed by atoms with Crippen molar-refractivity contribution < 1.29 is 18.7 Å². The van der Waals surface area contributed by atoms with E-state index in [0.29, 0.717) is 17.0 Å². The van der Waals surface area contributed by atoms with E-state index < -0.39 is 17.6 Å². The zero-order valence-electron chi connectivity index (χ0n) is 15.6. The number of ether oxygens (including phenoxy) is 1. The second-order valence-corrected chi connectivity index (χ2v) is 6.94. The summed E-state index contributed by atoms with van der Waals surface area (Å²) in [5.41, 5.74) is 3.98. The molecule has 1 saturated heterocycles. The average Bonchev–Trinajstić information content (AvgIpc) is 3.03. The predicted octanol–water partition coefficient (Wildman–Crippen LogP) is 4.52. The Morgan fingerprint density at radius 2 is 1.77 bits per heavy atom. The maximum atomic E-state index is 13.9. The maximum Gasteiger partial charge on any atom is 0.282 e. The van der Waals surface area contributed by atoms with E-state index in [1.807, 2.05) is 6.07 Å². The van der Waals surface area contributed by atoms with Crippen LogP contribution < -0.4 is 15.2 Å². The van der Waals surface area contributed by atoms with Gasteiger partial charge in [0.25, 0.3) is 11.8 Å². The number of para-hydroxylation sites is 1. The predicted molar refractivity (Wildman–Crippen MR) is 112 cm³/mol. The first kappa shape index (κ1) is 19.7. The molecule has 0 saturated carbocycles. The van der Waals surface area contributed by atoms with E-state index in [0.717, 1.165) is 0 Å². The second kappa shape index (κ2) is 8.39. The van der Waals surface area contributed by atoms with Gasteiger partial charge in [-0.25, -0.2) is 9.40 Å². The Hall–Kier alpha value is -3.64. The number of hydrogen-bond donors (Lipinski definition) is 1. The summed E-state index contributed by atoms with van der Waals surface area (Å²) in [5, 5.41) is 1.48. The minimum Gasteiger partial charge on any atom is -0.489 e. The van der Waals surface area contributed by atoms with Crippen LogP contribution in [0.3, 0.4) is 0 Å². The highest BCUT2D eigenvalue weighted by Crippen LogP contribution is 2.24. The monoisotopic (exact) mass is 422 g/mol. The van der Waals surface area contributed by atoms with Gasteiger partial charge in [0.15, 0.2) is 0 Å². The molecule has 4 rings (SSSR count). The van der Waals surface area contributed by atoms with Gasteiger partial charge < -0.3 is 4.74 Å². The van der Waals surface area contributed by atoms with Gasteiger partial charge in [-0.3, -0.25) is 15.0 Å². The van der Waals surface area contributed by atoms with Crippen LogP contribution in [0.2, 0.25) is 5.02 Å². The topological polar surface area (TPSA) is 58.6 Å². The fourth-order valence-corrected chi connectivity index (χ4v) is 3.22. The lowest BCUT2D eigenvalue weighted by atomic mass is 10.1. The van der Waals surface area contributed by atoms with Gasteiger partial charge >= 0.3 is 0 Å². The van der Waals surface area contributed by atoms with Gasteiger partial charge in [-0.1, -0.05) is 48.0 Å². The van der Waals surface area contributed by atoms with Gasteiger partial charge in [-0.05, 0) is 48.0 Å². The van der Waals surface area contributed by atoms with Crippen molar-refractivity contribution in [2.75, 3.05) is 5.01 Å². The van der Waals surface area contributed by atoms with Crippen molar-refractivity contribution in [2.45, 2.75) is 6.61 Å². The van der Waals surface area contributed by atoms with Gasteiger partial charge in [-0.2, -0.15) is 0 Å². The number of nitrogens with one attached hydrogen (secondary N) is 1. The third kappa shape index (κ3) is 4.04. The molecule has 2 amide bonds. The zero-order valence-corrected chi connectivity index (χ0v) is 16.4. The Morgan fingerprint density at radius 1 is 1.00 bits per heavy atom. The lowest BCUT2D eigenvalue weighted by Crippen LogP contribution is -2.35. The molecular weight excluding hydrogens is 407 g/mol. The number of hydrogen-bond acceptors (Lipinski definition) is 3. The molecule has 1 N–H and O–H groups in total. The van der Waals surface area contributed by atoms with Crippen LogP contribution in [0, 0.1) is 5.82 Å². The van der Waals surface area contributed by atoms with Gasteiger partial charge in [0.1, 0.15) is 23.7 Å². The number of carbonyl (C=O) groups is 2. The molecular formula is C23H16ClFN2O3. The molecule has 30 heavy (non-hydrogen) atoms. The zero-order chi connectivity index (χ0) is 21.1. The Labute approximate surface area is 177 Å². The van der Waals surface area contributed by atoms with Crippen LogP contribution in [0.1, 0.15) is 11.1 Å². The number of anilines is 1. The standard InChI is InChI=1S/C23H16ClFN2O3/c24-20-10-5-11-21(25)19(20)14-30-17-9-4-6-15(12-17)13-18-22(28)26-27(23(18)29)16-7-2-1-3-8-16/h1-13H,14H2,(H,26,28)/b18-13+. The quantitative estimate of drug-likeness (QED) is 0.486. The number of carbonyl (C=O) groups excluding carboxylic acids is 2. The van der Waals surface area contributed by atoms with E-state index in [-0.39, 0.29) is 22.8 Å². The summed E-state index contributed by atoms with van der Waals surface area (Å²) >= 11 is 6.02. The Balaban J connectivity index is 1.53. The van der Waals surface area contributed by atoms with Gasteiger partial charge in [0.2, 0.25) is 0 Å². The Morgan fingerprint density at radius 3 is 2.53 bits per heavy atom. The summed E-state index contributed by atoms with van der Waals surface area (Å²) < 4.78 is 19.6. The number of amides is 2. The number of benzene rings is 3. The van der Waals surface area contributed by atoms with E-state index in [2.05, 4.69) is 5.43 Å². The lowest BCUT2D eigenvalue weighted by Gasteiger charge is -2.13. The van der Waals surface area contributed by atoms with Crippen molar-refractivity contribution in [1.29, 1.82) is 0 Å². The number of rotatable bonds is 5. The summed E-state index contributed by atoms with van der Waals surface area (Å²) in [7, 11) is 0. The summed E-state index contributed by atoms with van der Waals surface area (Å²) in [6.07, 6.45) is 1.49. The molecule has 1 aliphatic heterocycles. The molecule has 0 aromatic heterocycles. The van der Waals surface area contributed by atoms with Crippen molar-refractivity contribution in [1.82, 2.24) is 5.43 Å². The van der Waals surface area contributed by atoms with Crippen molar-refractivity contribution >= 4 is 35.2 Å². The van der Waals surface area contributed by atoms with Crippen molar-refractivity contribution in [2.24, 2.45) is 0 Å². The molecule has 150 valence electrons. The average molecular weight is 423 g/mol. The molecule has 7 heteroatoms. The van der Waals surface area contributed by atoms with Crippen molar-refractivity contribution in [3.8, 4) is 5.75 Å². The highest BCUT2D eigenvalue weighted by Gasteiger charge is 2.34. The van der Waals surface area contributed by atoms with Crippen molar-refractivity contribution in [3.05, 3.63) is 100 Å². The summed E-state index contributed by atoms with van der Waals surface area (Å²) in [4.78, 5) is 25.0. The highest BCUT2D eigenvalue weighted by atomic mass is 35.5. The summed E-state index contributed by atoms with van der Waals surface area (Å²) in [5.74, 6) is -0.937. The van der Waals surface area contributed by atoms with Crippen LogP contribution in [-0.4, -0.2) is 11.8 Å². The lowest BCUT2D eigenvalue weighted by molar-refractivity contribution is -0.117. The largest absolute Gasteiger partial charge is 0.489 e. The number of nitrogens with zero attached hydrogens (tertiary/aromatic N) is 1. The molecule has 0 radical (unpaired) electrons. The van der Waals surface area contributed by atoms with Gasteiger partial charge in [0, 0.05) is 5.56 Å². The van der Waals surface area contributed by atoms with Crippen LogP contribution in [0.25, 0.3) is 6.08 Å². The third-order valence-corrected chi connectivity index (χ3v) is 4.87. The first-order chi connectivity index (χ1) is 14.5. The minimum atomic E-state index is -0.492. The maximum absolute atomic E-state index is 13.9. The normalized spacial score (nSPS) is 14.9. The molecule has 1 aliphatic rings. The van der Waals surface area contributed by atoms with Gasteiger partial charge in [-0.15, -0.1) is 0 Å². The molecule has 3 aromatic carbocycles.